The highest BCUT2D eigenvalue weighted by molar-refractivity contribution is 6.33. The van der Waals surface area contributed by atoms with Crippen molar-refractivity contribution in [1.82, 2.24) is 9.88 Å². The summed E-state index contributed by atoms with van der Waals surface area (Å²) < 4.78 is 0. The van der Waals surface area contributed by atoms with Crippen molar-refractivity contribution < 1.29 is 14.7 Å². The van der Waals surface area contributed by atoms with Crippen molar-refractivity contribution in [2.45, 2.75) is 12.8 Å². The molecule has 6 nitrogen and oxygen atoms in total. The predicted molar refractivity (Wildman–Crippen MR) is 95.9 cm³/mol. The van der Waals surface area contributed by atoms with Crippen LogP contribution in [0.25, 0.3) is 11.3 Å². The van der Waals surface area contributed by atoms with Gasteiger partial charge in [-0.2, -0.15) is 5.26 Å². The lowest BCUT2D eigenvalue weighted by atomic mass is 9.98. The molecule has 1 N–H and O–H groups in total. The Morgan fingerprint density at radius 1 is 1.27 bits per heavy atom. The number of carboxylic acids is 1. The lowest BCUT2D eigenvalue weighted by Gasteiger charge is -2.29. The first-order valence-corrected chi connectivity index (χ1v) is 8.55. The molecule has 0 spiro atoms. The number of pyridine rings is 1. The second-order valence-corrected chi connectivity index (χ2v) is 6.56. The Labute approximate surface area is 155 Å². The van der Waals surface area contributed by atoms with Crippen LogP contribution in [0.2, 0.25) is 5.02 Å². The second kappa shape index (κ2) is 7.54. The van der Waals surface area contributed by atoms with Crippen molar-refractivity contribution >= 4 is 23.5 Å². The monoisotopic (exact) mass is 369 g/mol. The number of nitriles is 1. The molecule has 1 saturated heterocycles. The van der Waals surface area contributed by atoms with Crippen LogP contribution in [0.5, 0.6) is 0 Å². The molecule has 1 fully saturated rings. The van der Waals surface area contributed by atoms with Crippen molar-refractivity contribution in [3.05, 3.63) is 52.7 Å². The van der Waals surface area contributed by atoms with Gasteiger partial charge in [0.2, 0.25) is 0 Å². The third kappa shape index (κ3) is 3.68. The molecule has 1 unspecified atom stereocenters. The van der Waals surface area contributed by atoms with Gasteiger partial charge in [0.1, 0.15) is 0 Å². The van der Waals surface area contributed by atoms with E-state index in [0.29, 0.717) is 29.9 Å². The van der Waals surface area contributed by atoms with Crippen LogP contribution in [0.1, 0.15) is 33.6 Å². The van der Waals surface area contributed by atoms with E-state index in [9.17, 15) is 9.59 Å². The molecule has 1 amide bonds. The number of aromatic carboxylic acids is 1. The summed E-state index contributed by atoms with van der Waals surface area (Å²) >= 11 is 6.13. The van der Waals surface area contributed by atoms with Gasteiger partial charge >= 0.3 is 5.97 Å². The number of likely N-dealkylation sites (tertiary alicyclic amines) is 1. The van der Waals surface area contributed by atoms with Crippen molar-refractivity contribution in [1.29, 1.82) is 5.26 Å². The van der Waals surface area contributed by atoms with E-state index in [1.54, 1.807) is 29.2 Å². The Hall–Kier alpha value is -2.91. The van der Waals surface area contributed by atoms with Gasteiger partial charge in [0.05, 0.1) is 28.3 Å². The lowest BCUT2D eigenvalue weighted by molar-refractivity contribution is 0.0688. The molecule has 0 saturated carbocycles. The Morgan fingerprint density at radius 3 is 2.62 bits per heavy atom. The summed E-state index contributed by atoms with van der Waals surface area (Å²) in [7, 11) is 0. The molecule has 2 heterocycles. The molecule has 132 valence electrons. The van der Waals surface area contributed by atoms with Crippen molar-refractivity contribution in [3.63, 3.8) is 0 Å². The molecule has 0 bridgehead atoms. The number of aromatic nitrogens is 1. The fraction of sp³-hybridized carbons (Fsp3) is 0.263. The van der Waals surface area contributed by atoms with Crippen LogP contribution in [0, 0.1) is 17.2 Å². The predicted octanol–water partition coefficient (Wildman–Crippen LogP) is 3.48. The van der Waals surface area contributed by atoms with Crippen LogP contribution in [0.15, 0.2) is 36.5 Å². The van der Waals surface area contributed by atoms with Gasteiger partial charge in [-0.25, -0.2) is 4.79 Å². The van der Waals surface area contributed by atoms with E-state index in [4.69, 9.17) is 22.0 Å². The fourth-order valence-corrected chi connectivity index (χ4v) is 3.26. The number of carbonyl (C=O) groups excluding carboxylic acids is 1. The molecular formula is C19H16ClN3O3. The molecule has 1 aliphatic heterocycles. The Balaban J connectivity index is 1.79. The Bertz CT molecular complexity index is 890. The van der Waals surface area contributed by atoms with Gasteiger partial charge in [-0.15, -0.1) is 0 Å². The number of hydrogen-bond acceptors (Lipinski definition) is 4. The van der Waals surface area contributed by atoms with Crippen LogP contribution < -0.4 is 0 Å². The topological polar surface area (TPSA) is 94.3 Å². The van der Waals surface area contributed by atoms with Gasteiger partial charge in [0, 0.05) is 30.4 Å². The molecule has 7 heteroatoms. The molecule has 1 aromatic carbocycles. The van der Waals surface area contributed by atoms with Crippen molar-refractivity contribution in [2.75, 3.05) is 13.1 Å². The van der Waals surface area contributed by atoms with Gasteiger partial charge in [0.15, 0.2) is 0 Å². The highest BCUT2D eigenvalue weighted by atomic mass is 35.5. The molecule has 0 radical (unpaired) electrons. The summed E-state index contributed by atoms with van der Waals surface area (Å²) in [6, 6.07) is 10.4. The summed E-state index contributed by atoms with van der Waals surface area (Å²) in [6.45, 7) is 1.11. The first kappa shape index (κ1) is 17.9. The normalized spacial score (nSPS) is 16.8. The third-order valence-electron chi connectivity index (χ3n) is 4.38. The molecule has 2 aromatic rings. The fourth-order valence-electron chi connectivity index (χ4n) is 2.99. The first-order valence-electron chi connectivity index (χ1n) is 8.17. The molecule has 1 aromatic heterocycles. The van der Waals surface area contributed by atoms with Crippen LogP contribution >= 0.6 is 11.6 Å². The van der Waals surface area contributed by atoms with E-state index >= 15 is 0 Å². The zero-order valence-electron chi connectivity index (χ0n) is 13.9. The highest BCUT2D eigenvalue weighted by Crippen LogP contribution is 2.27. The largest absolute Gasteiger partial charge is 0.478 e. The lowest BCUT2D eigenvalue weighted by Crippen LogP contribution is -2.39. The molecule has 0 aliphatic carbocycles. The SMILES string of the molecule is N#CC1CCCN(C(=O)c2ccc(-c3ncc(C(=O)O)cc3Cl)cc2)C1. The number of benzene rings is 1. The first-order chi connectivity index (χ1) is 12.5. The Morgan fingerprint density at radius 2 is 2.00 bits per heavy atom. The van der Waals surface area contributed by atoms with Crippen LogP contribution in [-0.2, 0) is 0 Å². The number of carbonyl (C=O) groups is 2. The maximum atomic E-state index is 12.6. The standard InChI is InChI=1S/C19H16ClN3O3/c20-16-8-15(19(25)26)10-22-17(16)13-3-5-14(6-4-13)18(24)23-7-1-2-12(9-21)11-23/h3-6,8,10,12H,1-2,7,11H2,(H,25,26). The van der Waals surface area contributed by atoms with Crippen LogP contribution in [0.3, 0.4) is 0 Å². The van der Waals surface area contributed by atoms with Crippen LogP contribution in [0.4, 0.5) is 0 Å². The number of rotatable bonds is 3. The third-order valence-corrected chi connectivity index (χ3v) is 4.67. The summed E-state index contributed by atoms with van der Waals surface area (Å²) in [4.78, 5) is 29.4. The maximum Gasteiger partial charge on any atom is 0.337 e. The summed E-state index contributed by atoms with van der Waals surface area (Å²) in [5.41, 5.74) is 1.70. The average Bonchev–Trinajstić information content (AvgIpc) is 2.67. The molecule has 1 aliphatic rings. The summed E-state index contributed by atoms with van der Waals surface area (Å²) in [6.07, 6.45) is 2.91. The van der Waals surface area contributed by atoms with E-state index in [1.165, 1.54) is 12.3 Å². The minimum absolute atomic E-state index is 0.0164. The zero-order chi connectivity index (χ0) is 18.7. The van der Waals surface area contributed by atoms with E-state index < -0.39 is 5.97 Å². The summed E-state index contributed by atoms with van der Waals surface area (Å²) in [5, 5.41) is 18.3. The van der Waals surface area contributed by atoms with Crippen LogP contribution in [-0.4, -0.2) is 40.0 Å². The summed E-state index contributed by atoms with van der Waals surface area (Å²) in [5.74, 6) is -1.30. The second-order valence-electron chi connectivity index (χ2n) is 6.16. The number of nitrogens with zero attached hydrogens (tertiary/aromatic N) is 3. The van der Waals surface area contributed by atoms with Gasteiger partial charge in [-0.3, -0.25) is 9.78 Å². The molecule has 1 atom stereocenters. The quantitative estimate of drug-likeness (QED) is 0.893. The van der Waals surface area contributed by atoms with E-state index in [0.717, 1.165) is 12.8 Å². The van der Waals surface area contributed by atoms with Gasteiger partial charge in [0.25, 0.3) is 5.91 Å². The smallest absolute Gasteiger partial charge is 0.337 e. The van der Waals surface area contributed by atoms with Gasteiger partial charge in [-0.1, -0.05) is 23.7 Å². The number of hydrogen-bond donors (Lipinski definition) is 1. The molecule has 3 rings (SSSR count). The van der Waals surface area contributed by atoms with Gasteiger partial charge in [-0.05, 0) is 31.0 Å². The Kier molecular flexibility index (Phi) is 5.19. The molecule has 26 heavy (non-hydrogen) atoms. The minimum Gasteiger partial charge on any atom is -0.478 e. The number of amides is 1. The van der Waals surface area contributed by atoms with Crippen molar-refractivity contribution in [3.8, 4) is 17.3 Å². The zero-order valence-corrected chi connectivity index (χ0v) is 14.6. The average molecular weight is 370 g/mol. The number of halogens is 1. The van der Waals surface area contributed by atoms with E-state index in [2.05, 4.69) is 11.1 Å². The number of piperidine rings is 1. The molecular weight excluding hydrogens is 354 g/mol. The van der Waals surface area contributed by atoms with E-state index in [1.807, 2.05) is 0 Å². The van der Waals surface area contributed by atoms with E-state index in [-0.39, 0.29) is 22.4 Å². The maximum absolute atomic E-state index is 12.6. The van der Waals surface area contributed by atoms with Crippen molar-refractivity contribution in [2.24, 2.45) is 5.92 Å². The van der Waals surface area contributed by atoms with Gasteiger partial charge < -0.3 is 10.0 Å². The minimum atomic E-state index is -1.09. The number of carboxylic acid groups (broad SMARTS) is 1. The highest BCUT2D eigenvalue weighted by Gasteiger charge is 2.24.